The van der Waals surface area contributed by atoms with Crippen molar-refractivity contribution in [2.24, 2.45) is 7.05 Å². The van der Waals surface area contributed by atoms with Crippen LogP contribution in [0, 0.1) is 0 Å². The quantitative estimate of drug-likeness (QED) is 0.850. The maximum atomic E-state index is 5.67. The molecule has 0 aliphatic carbocycles. The van der Waals surface area contributed by atoms with Gasteiger partial charge in [-0.2, -0.15) is 5.10 Å². The molecule has 2 aromatic heterocycles. The molecule has 21 heavy (non-hydrogen) atoms. The summed E-state index contributed by atoms with van der Waals surface area (Å²) in [5.74, 6) is 0.812. The first kappa shape index (κ1) is 15.5. The normalized spacial score (nSPS) is 12.4. The fraction of sp³-hybridized carbons (Fsp3) is 0.500. The van der Waals surface area contributed by atoms with Gasteiger partial charge in [-0.05, 0) is 37.6 Å². The molecule has 0 bridgehead atoms. The van der Waals surface area contributed by atoms with E-state index in [2.05, 4.69) is 35.3 Å². The molecule has 1 atom stereocenters. The van der Waals surface area contributed by atoms with Gasteiger partial charge in [0.25, 0.3) is 0 Å². The van der Waals surface area contributed by atoms with Crippen LogP contribution in [0.15, 0.2) is 24.5 Å². The third-order valence-corrected chi connectivity index (χ3v) is 3.45. The third kappa shape index (κ3) is 3.61. The molecule has 0 spiro atoms. The molecule has 2 heterocycles. The summed E-state index contributed by atoms with van der Waals surface area (Å²) in [5.41, 5.74) is 3.31. The third-order valence-electron chi connectivity index (χ3n) is 3.45. The highest BCUT2D eigenvalue weighted by atomic mass is 16.5. The van der Waals surface area contributed by atoms with Gasteiger partial charge in [0.05, 0.1) is 30.2 Å². The van der Waals surface area contributed by atoms with Crippen molar-refractivity contribution in [3.8, 4) is 5.75 Å². The number of ether oxygens (including phenoxy) is 1. The van der Waals surface area contributed by atoms with Gasteiger partial charge in [0, 0.05) is 13.2 Å². The molecule has 0 saturated heterocycles. The Morgan fingerprint density at radius 1 is 1.29 bits per heavy atom. The van der Waals surface area contributed by atoms with E-state index in [1.54, 1.807) is 6.20 Å². The second-order valence-corrected chi connectivity index (χ2v) is 5.06. The van der Waals surface area contributed by atoms with Gasteiger partial charge in [0.15, 0.2) is 0 Å². The molecule has 0 amide bonds. The van der Waals surface area contributed by atoms with E-state index in [1.165, 1.54) is 0 Å². The topological polar surface area (TPSA) is 52.0 Å². The van der Waals surface area contributed by atoms with Crippen LogP contribution in [-0.4, -0.2) is 28.4 Å². The lowest BCUT2D eigenvalue weighted by atomic mass is 10.1. The average molecular weight is 288 g/mol. The molecule has 5 heteroatoms. The van der Waals surface area contributed by atoms with Crippen LogP contribution in [0.1, 0.15) is 43.3 Å². The smallest absolute Gasteiger partial charge is 0.137 e. The van der Waals surface area contributed by atoms with E-state index in [1.807, 2.05) is 31.0 Å². The molecule has 0 saturated carbocycles. The highest BCUT2D eigenvalue weighted by molar-refractivity contribution is 5.32. The van der Waals surface area contributed by atoms with Crippen LogP contribution < -0.4 is 10.1 Å². The first-order chi connectivity index (χ1) is 10.2. The standard InChI is InChI=1S/C16H24N4O/c1-5-7-21-14-8-12(10-18-11-14)16(17-3)15-9-13(6-2)19-20(15)4/h8-11,16-17H,5-7H2,1-4H3. The summed E-state index contributed by atoms with van der Waals surface area (Å²) in [4.78, 5) is 4.29. The number of aromatic nitrogens is 3. The molecule has 1 N–H and O–H groups in total. The van der Waals surface area contributed by atoms with Crippen molar-refractivity contribution in [1.29, 1.82) is 0 Å². The number of nitrogens with one attached hydrogen (secondary N) is 1. The second kappa shape index (κ2) is 7.22. The van der Waals surface area contributed by atoms with Gasteiger partial charge in [-0.1, -0.05) is 13.8 Å². The molecule has 2 rings (SSSR count). The molecule has 2 aromatic rings. The Bertz CT molecular complexity index is 579. The maximum Gasteiger partial charge on any atom is 0.137 e. The number of aryl methyl sites for hydroxylation is 2. The lowest BCUT2D eigenvalue weighted by molar-refractivity contribution is 0.315. The number of hydrogen-bond donors (Lipinski definition) is 1. The molecule has 0 aliphatic heterocycles. The van der Waals surface area contributed by atoms with Crippen LogP contribution >= 0.6 is 0 Å². The Hall–Kier alpha value is -1.88. The van der Waals surface area contributed by atoms with Crippen LogP contribution in [0.2, 0.25) is 0 Å². The van der Waals surface area contributed by atoms with Crippen LogP contribution in [0.4, 0.5) is 0 Å². The lowest BCUT2D eigenvalue weighted by Crippen LogP contribution is -2.20. The summed E-state index contributed by atoms with van der Waals surface area (Å²) in [6.45, 7) is 4.91. The predicted octanol–water partition coefficient (Wildman–Crippen LogP) is 2.48. The minimum atomic E-state index is 0.0560. The van der Waals surface area contributed by atoms with E-state index in [-0.39, 0.29) is 6.04 Å². The molecule has 5 nitrogen and oxygen atoms in total. The summed E-state index contributed by atoms with van der Waals surface area (Å²) >= 11 is 0. The van der Waals surface area contributed by atoms with Crippen LogP contribution in [0.3, 0.4) is 0 Å². The fourth-order valence-corrected chi connectivity index (χ4v) is 2.36. The molecule has 0 fully saturated rings. The SMILES string of the molecule is CCCOc1cncc(C(NC)c2cc(CC)nn2C)c1. The number of rotatable bonds is 7. The molecular weight excluding hydrogens is 264 g/mol. The van der Waals surface area contributed by atoms with Crippen molar-refractivity contribution >= 4 is 0 Å². The molecule has 0 radical (unpaired) electrons. The van der Waals surface area contributed by atoms with Crippen molar-refractivity contribution in [2.45, 2.75) is 32.7 Å². The van der Waals surface area contributed by atoms with Crippen molar-refractivity contribution in [3.05, 3.63) is 41.5 Å². The number of nitrogens with zero attached hydrogens (tertiary/aromatic N) is 3. The summed E-state index contributed by atoms with van der Waals surface area (Å²) < 4.78 is 7.60. The first-order valence-corrected chi connectivity index (χ1v) is 7.47. The van der Waals surface area contributed by atoms with Crippen LogP contribution in [0.25, 0.3) is 0 Å². The largest absolute Gasteiger partial charge is 0.492 e. The van der Waals surface area contributed by atoms with E-state index in [0.29, 0.717) is 6.61 Å². The zero-order chi connectivity index (χ0) is 15.2. The Labute approximate surface area is 126 Å². The van der Waals surface area contributed by atoms with E-state index in [9.17, 15) is 0 Å². The molecule has 0 aromatic carbocycles. The Balaban J connectivity index is 2.29. The average Bonchev–Trinajstić information content (AvgIpc) is 2.88. The summed E-state index contributed by atoms with van der Waals surface area (Å²) in [5, 5.41) is 7.86. The van der Waals surface area contributed by atoms with Crippen LogP contribution in [0.5, 0.6) is 5.75 Å². The number of hydrogen-bond acceptors (Lipinski definition) is 4. The lowest BCUT2D eigenvalue weighted by Gasteiger charge is -2.17. The van der Waals surface area contributed by atoms with E-state index in [0.717, 1.165) is 35.5 Å². The molecule has 0 aliphatic rings. The van der Waals surface area contributed by atoms with Gasteiger partial charge >= 0.3 is 0 Å². The minimum absolute atomic E-state index is 0.0560. The van der Waals surface area contributed by atoms with Gasteiger partial charge in [-0.25, -0.2) is 0 Å². The van der Waals surface area contributed by atoms with Crippen molar-refractivity contribution in [2.75, 3.05) is 13.7 Å². The monoisotopic (exact) mass is 288 g/mol. The zero-order valence-corrected chi connectivity index (χ0v) is 13.3. The Morgan fingerprint density at radius 3 is 2.71 bits per heavy atom. The summed E-state index contributed by atoms with van der Waals surface area (Å²) in [7, 11) is 3.92. The van der Waals surface area contributed by atoms with Gasteiger partial charge in [-0.15, -0.1) is 0 Å². The van der Waals surface area contributed by atoms with Gasteiger partial charge in [0.1, 0.15) is 5.75 Å². The highest BCUT2D eigenvalue weighted by Crippen LogP contribution is 2.24. The van der Waals surface area contributed by atoms with Crippen molar-refractivity contribution in [3.63, 3.8) is 0 Å². The van der Waals surface area contributed by atoms with Crippen molar-refractivity contribution < 1.29 is 4.74 Å². The minimum Gasteiger partial charge on any atom is -0.492 e. The molecule has 1 unspecified atom stereocenters. The maximum absolute atomic E-state index is 5.67. The molecular formula is C16H24N4O. The predicted molar refractivity (Wildman–Crippen MR) is 83.5 cm³/mol. The van der Waals surface area contributed by atoms with Crippen molar-refractivity contribution in [1.82, 2.24) is 20.1 Å². The first-order valence-electron chi connectivity index (χ1n) is 7.47. The molecule has 114 valence electrons. The van der Waals surface area contributed by atoms with E-state index < -0.39 is 0 Å². The highest BCUT2D eigenvalue weighted by Gasteiger charge is 2.18. The van der Waals surface area contributed by atoms with E-state index >= 15 is 0 Å². The zero-order valence-electron chi connectivity index (χ0n) is 13.3. The Morgan fingerprint density at radius 2 is 2.10 bits per heavy atom. The number of pyridine rings is 1. The Kier molecular flexibility index (Phi) is 5.33. The van der Waals surface area contributed by atoms with Gasteiger partial charge < -0.3 is 10.1 Å². The van der Waals surface area contributed by atoms with E-state index in [4.69, 9.17) is 4.74 Å². The second-order valence-electron chi connectivity index (χ2n) is 5.06. The summed E-state index contributed by atoms with van der Waals surface area (Å²) in [6.07, 6.45) is 5.55. The summed E-state index contributed by atoms with van der Waals surface area (Å²) in [6, 6.07) is 4.24. The van der Waals surface area contributed by atoms with Gasteiger partial charge in [-0.3, -0.25) is 9.67 Å². The van der Waals surface area contributed by atoms with Gasteiger partial charge in [0.2, 0.25) is 0 Å². The fourth-order valence-electron chi connectivity index (χ4n) is 2.36. The van der Waals surface area contributed by atoms with Crippen LogP contribution in [-0.2, 0) is 13.5 Å².